The van der Waals surface area contributed by atoms with E-state index >= 15 is 0 Å². The fourth-order valence-corrected chi connectivity index (χ4v) is 0.235. The standard InChI is InChI=1S/C5H6N2O2/c1-9-3-2-5(8)4-7-6/h2-4H,1H3/b3-2+. The van der Waals surface area contributed by atoms with Gasteiger partial charge in [0.1, 0.15) is 0 Å². The second-order valence-electron chi connectivity index (χ2n) is 1.19. The van der Waals surface area contributed by atoms with E-state index in [1.807, 2.05) is 0 Å². The first-order valence-electron chi connectivity index (χ1n) is 2.22. The Morgan fingerprint density at radius 2 is 2.44 bits per heavy atom. The molecule has 0 unspecified atom stereocenters. The average Bonchev–Trinajstić information content (AvgIpc) is 1.85. The molecule has 0 saturated heterocycles. The van der Waals surface area contributed by atoms with Crippen molar-refractivity contribution in [1.82, 2.24) is 0 Å². The number of ether oxygens (including phenoxy) is 1. The highest BCUT2D eigenvalue weighted by Gasteiger charge is 1.92. The number of allylic oxidation sites excluding steroid dienone is 1. The van der Waals surface area contributed by atoms with Gasteiger partial charge >= 0.3 is 6.21 Å². The second-order valence-corrected chi connectivity index (χ2v) is 1.19. The van der Waals surface area contributed by atoms with Crippen molar-refractivity contribution >= 4 is 12.0 Å². The molecule has 0 aromatic carbocycles. The van der Waals surface area contributed by atoms with Crippen molar-refractivity contribution in [2.45, 2.75) is 0 Å². The highest BCUT2D eigenvalue weighted by atomic mass is 16.5. The van der Waals surface area contributed by atoms with E-state index in [-0.39, 0.29) is 0 Å². The largest absolute Gasteiger partial charge is 0.504 e. The molecule has 4 heteroatoms. The van der Waals surface area contributed by atoms with Gasteiger partial charge in [0.15, 0.2) is 0 Å². The van der Waals surface area contributed by atoms with Gasteiger partial charge in [-0.05, 0) is 0 Å². The molecule has 0 spiro atoms. The van der Waals surface area contributed by atoms with E-state index in [2.05, 4.69) is 9.53 Å². The summed E-state index contributed by atoms with van der Waals surface area (Å²) in [6.07, 6.45) is 3.11. The summed E-state index contributed by atoms with van der Waals surface area (Å²) < 4.78 is 4.41. The zero-order valence-electron chi connectivity index (χ0n) is 4.94. The fraction of sp³-hybridized carbons (Fsp3) is 0.200. The Morgan fingerprint density at radius 1 is 1.78 bits per heavy atom. The molecule has 4 nitrogen and oxygen atoms in total. The van der Waals surface area contributed by atoms with Crippen molar-refractivity contribution in [1.29, 1.82) is 0 Å². The molecule has 0 atom stereocenters. The summed E-state index contributed by atoms with van der Waals surface area (Å²) in [7, 11) is 1.42. The van der Waals surface area contributed by atoms with Crippen LogP contribution in [0.15, 0.2) is 12.3 Å². The van der Waals surface area contributed by atoms with E-state index in [1.165, 1.54) is 13.4 Å². The minimum atomic E-state index is -0.417. The maximum atomic E-state index is 10.3. The Labute approximate surface area is 52.4 Å². The summed E-state index contributed by atoms with van der Waals surface area (Å²) in [5, 5.41) is 0. The Morgan fingerprint density at radius 3 is 2.89 bits per heavy atom. The van der Waals surface area contributed by atoms with Crippen LogP contribution < -0.4 is 0 Å². The number of rotatable bonds is 3. The molecular weight excluding hydrogens is 120 g/mol. The normalized spacial score (nSPS) is 8.56. The summed E-state index contributed by atoms with van der Waals surface area (Å²) in [5.74, 6) is -0.417. The SMILES string of the molecule is CO/C=C/C(=O)C=[N+]=[N-]. The van der Waals surface area contributed by atoms with Gasteiger partial charge in [0.2, 0.25) is 0 Å². The molecule has 0 heterocycles. The Balaban J connectivity index is 3.77. The summed E-state index contributed by atoms with van der Waals surface area (Å²) >= 11 is 0. The van der Waals surface area contributed by atoms with Crippen molar-refractivity contribution in [3.8, 4) is 0 Å². The maximum absolute atomic E-state index is 10.3. The number of methoxy groups -OCH3 is 1. The molecule has 0 fully saturated rings. The van der Waals surface area contributed by atoms with Gasteiger partial charge in [-0.1, -0.05) is 0 Å². The molecule has 0 bridgehead atoms. The number of carbonyl (C=O) groups excluding carboxylic acids is 1. The molecular formula is C5H6N2O2. The van der Waals surface area contributed by atoms with Gasteiger partial charge in [-0.25, -0.2) is 0 Å². The number of nitrogens with zero attached hydrogens (tertiary/aromatic N) is 2. The average molecular weight is 126 g/mol. The maximum Gasteiger partial charge on any atom is 0.327 e. The molecule has 0 aliphatic heterocycles. The molecule has 0 radical (unpaired) electrons. The molecule has 0 saturated carbocycles. The highest BCUT2D eigenvalue weighted by molar-refractivity contribution is 6.30. The van der Waals surface area contributed by atoms with Crippen molar-refractivity contribution in [3.05, 3.63) is 17.9 Å². The van der Waals surface area contributed by atoms with Gasteiger partial charge in [-0.2, -0.15) is 4.79 Å². The molecule has 0 N–H and O–H groups in total. The van der Waals surface area contributed by atoms with Gasteiger partial charge < -0.3 is 10.3 Å². The quantitative estimate of drug-likeness (QED) is 0.176. The molecule has 0 aromatic heterocycles. The van der Waals surface area contributed by atoms with E-state index in [1.54, 1.807) is 0 Å². The van der Waals surface area contributed by atoms with E-state index in [0.29, 0.717) is 0 Å². The van der Waals surface area contributed by atoms with Crippen LogP contribution >= 0.6 is 0 Å². The topological polar surface area (TPSA) is 62.7 Å². The lowest BCUT2D eigenvalue weighted by Crippen LogP contribution is -1.93. The van der Waals surface area contributed by atoms with Crippen LogP contribution in [0.2, 0.25) is 0 Å². The van der Waals surface area contributed by atoms with Crippen molar-refractivity contribution < 1.29 is 14.3 Å². The lowest BCUT2D eigenvalue weighted by Gasteiger charge is -1.79. The molecule has 0 aliphatic carbocycles. The zero-order chi connectivity index (χ0) is 7.11. The third-order valence-corrected chi connectivity index (χ3v) is 0.553. The fourth-order valence-electron chi connectivity index (χ4n) is 0.235. The van der Waals surface area contributed by atoms with Crippen LogP contribution in [0.25, 0.3) is 5.53 Å². The van der Waals surface area contributed by atoms with Crippen LogP contribution in [0, 0.1) is 0 Å². The van der Waals surface area contributed by atoms with Crippen molar-refractivity contribution in [3.63, 3.8) is 0 Å². The molecule has 0 aliphatic rings. The molecule has 0 amide bonds. The minimum Gasteiger partial charge on any atom is -0.504 e. The van der Waals surface area contributed by atoms with Crippen molar-refractivity contribution in [2.24, 2.45) is 0 Å². The Bertz CT molecular complexity index is 168. The number of carbonyl (C=O) groups is 1. The van der Waals surface area contributed by atoms with Crippen LogP contribution in [0.5, 0.6) is 0 Å². The summed E-state index contributed by atoms with van der Waals surface area (Å²) in [5.41, 5.74) is 7.81. The van der Waals surface area contributed by atoms with E-state index in [0.717, 1.165) is 12.3 Å². The smallest absolute Gasteiger partial charge is 0.327 e. The minimum absolute atomic E-state index is 0.417. The first-order valence-corrected chi connectivity index (χ1v) is 2.22. The number of hydrogen-bond donors (Lipinski definition) is 0. The van der Waals surface area contributed by atoms with E-state index in [9.17, 15) is 4.79 Å². The van der Waals surface area contributed by atoms with Gasteiger partial charge in [-0.3, -0.25) is 4.79 Å². The molecule has 0 aromatic rings. The second kappa shape index (κ2) is 4.74. The van der Waals surface area contributed by atoms with Crippen LogP contribution in [-0.2, 0) is 9.53 Å². The highest BCUT2D eigenvalue weighted by Crippen LogP contribution is 1.71. The van der Waals surface area contributed by atoms with E-state index in [4.69, 9.17) is 5.53 Å². The van der Waals surface area contributed by atoms with Crippen LogP contribution in [0.3, 0.4) is 0 Å². The van der Waals surface area contributed by atoms with Crippen LogP contribution in [0.1, 0.15) is 0 Å². The van der Waals surface area contributed by atoms with Crippen LogP contribution in [-0.4, -0.2) is 23.9 Å². The third-order valence-electron chi connectivity index (χ3n) is 0.553. The van der Waals surface area contributed by atoms with Gasteiger partial charge in [0.05, 0.1) is 13.4 Å². The number of ketones is 1. The van der Waals surface area contributed by atoms with Crippen LogP contribution in [0.4, 0.5) is 0 Å². The lowest BCUT2D eigenvalue weighted by atomic mass is 10.4. The van der Waals surface area contributed by atoms with E-state index < -0.39 is 5.78 Å². The lowest BCUT2D eigenvalue weighted by molar-refractivity contribution is -0.112. The zero-order valence-corrected chi connectivity index (χ0v) is 4.94. The number of hydrogen-bond acceptors (Lipinski definition) is 2. The van der Waals surface area contributed by atoms with Gasteiger partial charge in [0.25, 0.3) is 5.78 Å². The van der Waals surface area contributed by atoms with Gasteiger partial charge in [0, 0.05) is 6.08 Å². The monoisotopic (exact) mass is 126 g/mol. The Kier molecular flexibility index (Phi) is 4.00. The predicted octanol–water partition coefficient (Wildman–Crippen LogP) is 0.0162. The molecule has 48 valence electrons. The molecule has 0 rings (SSSR count). The first-order chi connectivity index (χ1) is 4.31. The Hall–Kier alpha value is -1.41. The third kappa shape index (κ3) is 4.44. The summed E-state index contributed by atoms with van der Waals surface area (Å²) in [6, 6.07) is 0. The van der Waals surface area contributed by atoms with Gasteiger partial charge in [-0.15, -0.1) is 0 Å². The summed E-state index contributed by atoms with van der Waals surface area (Å²) in [6.45, 7) is 0. The van der Waals surface area contributed by atoms with Crippen molar-refractivity contribution in [2.75, 3.05) is 7.11 Å². The predicted molar refractivity (Wildman–Crippen MR) is 30.8 cm³/mol. The molecule has 9 heavy (non-hydrogen) atoms. The summed E-state index contributed by atoms with van der Waals surface area (Å²) in [4.78, 5) is 12.8. The first kappa shape index (κ1) is 7.59.